The first-order chi connectivity index (χ1) is 6.43. The standard InChI is InChI=1S/C8H7Cl4OP/c9-7(8(10)14(11,12)13)6-4-2-1-3-5-6/h1-5,7-8H. The Morgan fingerprint density at radius 2 is 1.57 bits per heavy atom. The molecule has 0 N–H and O–H groups in total. The minimum absolute atomic E-state index is 0.654. The van der Waals surface area contributed by atoms with Gasteiger partial charge in [0.2, 0.25) is 0 Å². The summed E-state index contributed by atoms with van der Waals surface area (Å²) in [6, 6.07) is 9.01. The van der Waals surface area contributed by atoms with E-state index in [9.17, 15) is 4.57 Å². The second-order valence-corrected chi connectivity index (χ2v) is 9.03. The maximum Gasteiger partial charge on any atom is 0.272 e. The predicted molar refractivity (Wildman–Crippen MR) is 64.0 cm³/mol. The minimum Gasteiger partial charge on any atom is -0.288 e. The lowest BCUT2D eigenvalue weighted by Gasteiger charge is -2.16. The molecule has 0 amide bonds. The molecule has 0 aliphatic heterocycles. The van der Waals surface area contributed by atoms with Gasteiger partial charge in [0, 0.05) is 0 Å². The van der Waals surface area contributed by atoms with Crippen molar-refractivity contribution in [2.45, 2.75) is 10.5 Å². The van der Waals surface area contributed by atoms with Gasteiger partial charge in [0.15, 0.2) is 0 Å². The summed E-state index contributed by atoms with van der Waals surface area (Å²) in [7, 11) is 0. The van der Waals surface area contributed by atoms with Crippen LogP contribution < -0.4 is 0 Å². The van der Waals surface area contributed by atoms with Gasteiger partial charge in [0.25, 0.3) is 5.85 Å². The fraction of sp³-hybridized carbons (Fsp3) is 0.250. The summed E-state index contributed by atoms with van der Waals surface area (Å²) in [6.07, 6.45) is 0. The summed E-state index contributed by atoms with van der Waals surface area (Å²) in [4.78, 5) is 0. The van der Waals surface area contributed by atoms with Crippen LogP contribution in [0.25, 0.3) is 0 Å². The molecular weight excluding hydrogens is 285 g/mol. The Hall–Kier alpha value is 0.610. The van der Waals surface area contributed by atoms with Crippen LogP contribution in [-0.2, 0) is 4.57 Å². The molecule has 1 aromatic rings. The van der Waals surface area contributed by atoms with E-state index in [1.165, 1.54) is 0 Å². The summed E-state index contributed by atoms with van der Waals surface area (Å²) >= 11 is 22.6. The maximum absolute atomic E-state index is 11.2. The highest BCUT2D eigenvalue weighted by Crippen LogP contribution is 2.66. The van der Waals surface area contributed by atoms with Crippen LogP contribution in [0.3, 0.4) is 0 Å². The summed E-state index contributed by atoms with van der Waals surface area (Å²) in [5.41, 5.74) is 0.746. The van der Waals surface area contributed by atoms with E-state index in [1.807, 2.05) is 18.2 Å². The average Bonchev–Trinajstić information content (AvgIpc) is 2.15. The first-order valence-corrected chi connectivity index (χ1v) is 8.21. The molecule has 1 aromatic carbocycles. The topological polar surface area (TPSA) is 17.1 Å². The quantitative estimate of drug-likeness (QED) is 0.552. The first-order valence-electron chi connectivity index (χ1n) is 3.75. The van der Waals surface area contributed by atoms with E-state index in [0.717, 1.165) is 5.56 Å². The largest absolute Gasteiger partial charge is 0.288 e. The maximum atomic E-state index is 11.2. The van der Waals surface area contributed by atoms with Crippen LogP contribution in [0.15, 0.2) is 30.3 Å². The Bertz CT molecular complexity index is 336. The lowest BCUT2D eigenvalue weighted by molar-refractivity contribution is 0.589. The zero-order valence-corrected chi connectivity index (χ0v) is 10.8. The Labute approximate surface area is 102 Å². The van der Waals surface area contributed by atoms with Crippen LogP contribution in [0.4, 0.5) is 0 Å². The molecule has 0 fully saturated rings. The average molecular weight is 292 g/mol. The second kappa shape index (κ2) is 5.09. The molecule has 78 valence electrons. The van der Waals surface area contributed by atoms with Gasteiger partial charge in [-0.05, 0) is 28.0 Å². The third-order valence-corrected chi connectivity index (χ3v) is 6.27. The fourth-order valence-electron chi connectivity index (χ4n) is 0.948. The molecule has 0 bridgehead atoms. The van der Waals surface area contributed by atoms with Crippen molar-refractivity contribution in [3.05, 3.63) is 35.9 Å². The van der Waals surface area contributed by atoms with Crippen molar-refractivity contribution in [1.29, 1.82) is 0 Å². The molecule has 2 unspecified atom stereocenters. The van der Waals surface area contributed by atoms with E-state index < -0.39 is 16.3 Å². The van der Waals surface area contributed by atoms with Crippen molar-refractivity contribution in [3.63, 3.8) is 0 Å². The third-order valence-electron chi connectivity index (χ3n) is 1.65. The van der Waals surface area contributed by atoms with Crippen molar-refractivity contribution >= 4 is 51.5 Å². The van der Waals surface area contributed by atoms with E-state index >= 15 is 0 Å². The molecule has 0 aliphatic carbocycles. The van der Waals surface area contributed by atoms with Gasteiger partial charge in [-0.2, -0.15) is 0 Å². The van der Waals surface area contributed by atoms with Gasteiger partial charge in [-0.25, -0.2) is 0 Å². The van der Waals surface area contributed by atoms with Gasteiger partial charge in [0.1, 0.15) is 5.12 Å². The van der Waals surface area contributed by atoms with Gasteiger partial charge in [-0.1, -0.05) is 30.3 Å². The molecule has 6 heteroatoms. The molecule has 0 saturated heterocycles. The van der Waals surface area contributed by atoms with Crippen molar-refractivity contribution in [2.75, 3.05) is 0 Å². The van der Waals surface area contributed by atoms with Crippen molar-refractivity contribution in [3.8, 4) is 0 Å². The molecule has 2 atom stereocenters. The van der Waals surface area contributed by atoms with Gasteiger partial charge in [-0.3, -0.25) is 4.57 Å². The van der Waals surface area contributed by atoms with Crippen molar-refractivity contribution in [1.82, 2.24) is 0 Å². The molecule has 0 saturated carbocycles. The van der Waals surface area contributed by atoms with E-state index in [4.69, 9.17) is 45.7 Å². The van der Waals surface area contributed by atoms with Crippen molar-refractivity contribution in [2.24, 2.45) is 0 Å². The van der Waals surface area contributed by atoms with Gasteiger partial charge >= 0.3 is 0 Å². The van der Waals surface area contributed by atoms with Crippen LogP contribution in [0.2, 0.25) is 0 Å². The molecule has 0 radical (unpaired) electrons. The first kappa shape index (κ1) is 12.7. The van der Waals surface area contributed by atoms with Crippen LogP contribution >= 0.6 is 51.5 Å². The molecule has 0 spiro atoms. The number of halogens is 4. The minimum atomic E-state index is -3.40. The molecule has 14 heavy (non-hydrogen) atoms. The third kappa shape index (κ3) is 3.32. The number of alkyl halides is 2. The number of rotatable bonds is 3. The highest BCUT2D eigenvalue weighted by atomic mass is 35.9. The van der Waals surface area contributed by atoms with E-state index in [2.05, 4.69) is 0 Å². The summed E-state index contributed by atoms with van der Waals surface area (Å²) in [5.74, 6) is -3.40. The SMILES string of the molecule is O=P(Cl)(Cl)C(Cl)C(Cl)c1ccccc1. The zero-order chi connectivity index (χ0) is 10.8. The Balaban J connectivity index is 2.87. The summed E-state index contributed by atoms with van der Waals surface area (Å²) in [6.45, 7) is 0. The van der Waals surface area contributed by atoms with Gasteiger partial charge in [0.05, 0.1) is 5.38 Å². The highest BCUT2D eigenvalue weighted by Gasteiger charge is 2.33. The number of hydrogen-bond donors (Lipinski definition) is 0. The number of hydrogen-bond acceptors (Lipinski definition) is 1. The predicted octanol–water partition coefficient (Wildman–Crippen LogP) is 5.20. The summed E-state index contributed by atoms with van der Waals surface area (Å²) < 4.78 is 11.2. The Morgan fingerprint density at radius 3 is 2.00 bits per heavy atom. The monoisotopic (exact) mass is 290 g/mol. The van der Waals surface area contributed by atoms with E-state index in [-0.39, 0.29) is 0 Å². The number of benzene rings is 1. The smallest absolute Gasteiger partial charge is 0.272 e. The van der Waals surface area contributed by atoms with Crippen molar-refractivity contribution < 1.29 is 4.57 Å². The van der Waals surface area contributed by atoms with Crippen LogP contribution in [0, 0.1) is 0 Å². The molecular formula is C8H7Cl4OP. The zero-order valence-electron chi connectivity index (χ0n) is 6.91. The van der Waals surface area contributed by atoms with Gasteiger partial charge in [-0.15, -0.1) is 23.2 Å². The molecule has 1 rings (SSSR count). The molecule has 0 heterocycles. The van der Waals surface area contributed by atoms with E-state index in [0.29, 0.717) is 0 Å². The highest BCUT2D eigenvalue weighted by molar-refractivity contribution is 8.09. The fourth-order valence-corrected chi connectivity index (χ4v) is 3.21. The van der Waals surface area contributed by atoms with Crippen LogP contribution in [0.1, 0.15) is 10.9 Å². The molecule has 1 nitrogen and oxygen atoms in total. The lowest BCUT2D eigenvalue weighted by atomic mass is 10.2. The Kier molecular flexibility index (Phi) is 4.61. The van der Waals surface area contributed by atoms with Gasteiger partial charge < -0.3 is 0 Å². The molecule has 0 aromatic heterocycles. The summed E-state index contributed by atoms with van der Waals surface area (Å²) in [5, 5.41) is -1.63. The van der Waals surface area contributed by atoms with Crippen LogP contribution in [0.5, 0.6) is 0 Å². The normalized spacial score (nSPS) is 16.3. The second-order valence-electron chi connectivity index (χ2n) is 2.69. The Morgan fingerprint density at radius 1 is 1.07 bits per heavy atom. The molecule has 0 aliphatic rings. The van der Waals surface area contributed by atoms with E-state index in [1.54, 1.807) is 12.1 Å². The lowest BCUT2D eigenvalue weighted by Crippen LogP contribution is -2.03. The van der Waals surface area contributed by atoms with Crippen LogP contribution in [-0.4, -0.2) is 5.12 Å².